The first-order valence-corrected chi connectivity index (χ1v) is 12.7. The van der Waals surface area contributed by atoms with Gasteiger partial charge in [-0.05, 0) is 78.4 Å². The van der Waals surface area contributed by atoms with Gasteiger partial charge in [0.15, 0.2) is 5.82 Å². The van der Waals surface area contributed by atoms with Crippen molar-refractivity contribution in [2.24, 2.45) is 0 Å². The number of anilines is 1. The molecule has 3 heterocycles. The van der Waals surface area contributed by atoms with Crippen LogP contribution in [0.15, 0.2) is 72.9 Å². The molecule has 7 nitrogen and oxygen atoms in total. The molecule has 0 atom stereocenters. The van der Waals surface area contributed by atoms with Crippen LogP contribution in [0.1, 0.15) is 18.4 Å². The minimum absolute atomic E-state index is 0.345. The van der Waals surface area contributed by atoms with Crippen LogP contribution >= 0.6 is 0 Å². The molecule has 5 aromatic rings. The molecule has 1 fully saturated rings. The number of aromatic amines is 1. The van der Waals surface area contributed by atoms with Crippen molar-refractivity contribution in [1.29, 1.82) is 0 Å². The van der Waals surface area contributed by atoms with Crippen LogP contribution in [-0.4, -0.2) is 53.4 Å². The molecule has 3 aromatic carbocycles. The number of piperidine rings is 1. The maximum atomic E-state index is 5.53. The Morgan fingerprint density at radius 2 is 1.65 bits per heavy atom. The lowest BCUT2D eigenvalue weighted by molar-refractivity contribution is 0.211. The highest BCUT2D eigenvalue weighted by atomic mass is 16.5. The predicted octanol–water partition coefficient (Wildman–Crippen LogP) is 5.87. The second-order valence-electron chi connectivity index (χ2n) is 9.63. The van der Waals surface area contributed by atoms with Gasteiger partial charge in [-0.1, -0.05) is 12.1 Å². The SMILES string of the molecule is COc1ccc(-c2nnc(NC3CCN(Cc4ccc5cc[nH]c5c4)CC3)c3cc(OC)ccc23)cc1. The summed E-state index contributed by atoms with van der Waals surface area (Å²) in [6.07, 6.45) is 4.10. The molecule has 0 bridgehead atoms. The van der Waals surface area contributed by atoms with Crippen LogP contribution in [0.3, 0.4) is 0 Å². The van der Waals surface area contributed by atoms with Gasteiger partial charge in [-0.25, -0.2) is 0 Å². The summed E-state index contributed by atoms with van der Waals surface area (Å²) < 4.78 is 10.8. The van der Waals surface area contributed by atoms with Gasteiger partial charge in [-0.15, -0.1) is 10.2 Å². The maximum absolute atomic E-state index is 5.53. The van der Waals surface area contributed by atoms with E-state index >= 15 is 0 Å². The third kappa shape index (κ3) is 4.82. The van der Waals surface area contributed by atoms with Crippen molar-refractivity contribution in [3.8, 4) is 22.8 Å². The van der Waals surface area contributed by atoms with Gasteiger partial charge in [0.05, 0.1) is 14.2 Å². The second kappa shape index (κ2) is 10.1. The lowest BCUT2D eigenvalue weighted by Crippen LogP contribution is -2.38. The summed E-state index contributed by atoms with van der Waals surface area (Å²) in [5.41, 5.74) is 4.40. The Hall–Kier alpha value is -4.10. The Bertz CT molecular complexity index is 1520. The molecule has 0 aliphatic carbocycles. The summed E-state index contributed by atoms with van der Waals surface area (Å²) in [5.74, 6) is 2.43. The Labute approximate surface area is 216 Å². The quantitative estimate of drug-likeness (QED) is 0.295. The molecule has 37 heavy (non-hydrogen) atoms. The van der Waals surface area contributed by atoms with Crippen molar-refractivity contribution in [2.75, 3.05) is 32.6 Å². The molecule has 7 heteroatoms. The lowest BCUT2D eigenvalue weighted by atomic mass is 10.0. The first-order valence-electron chi connectivity index (χ1n) is 12.7. The number of methoxy groups -OCH3 is 2. The van der Waals surface area contributed by atoms with Gasteiger partial charge in [-0.2, -0.15) is 0 Å². The molecule has 2 N–H and O–H groups in total. The highest BCUT2D eigenvalue weighted by Gasteiger charge is 2.21. The zero-order valence-corrected chi connectivity index (χ0v) is 21.2. The Kier molecular flexibility index (Phi) is 6.37. The molecular weight excluding hydrogens is 462 g/mol. The van der Waals surface area contributed by atoms with Crippen molar-refractivity contribution in [3.63, 3.8) is 0 Å². The van der Waals surface area contributed by atoms with Crippen molar-refractivity contribution in [3.05, 3.63) is 78.5 Å². The fourth-order valence-electron chi connectivity index (χ4n) is 5.21. The molecule has 0 amide bonds. The number of ether oxygens (including phenoxy) is 2. The summed E-state index contributed by atoms with van der Waals surface area (Å²) in [6, 6.07) is 23.2. The monoisotopic (exact) mass is 493 g/mol. The van der Waals surface area contributed by atoms with Gasteiger partial charge in [0.25, 0.3) is 0 Å². The third-order valence-electron chi connectivity index (χ3n) is 7.30. The highest BCUT2D eigenvalue weighted by molar-refractivity contribution is 6.00. The fourth-order valence-corrected chi connectivity index (χ4v) is 5.21. The van der Waals surface area contributed by atoms with E-state index in [1.54, 1.807) is 14.2 Å². The van der Waals surface area contributed by atoms with Gasteiger partial charge < -0.3 is 19.8 Å². The molecule has 0 saturated carbocycles. The lowest BCUT2D eigenvalue weighted by Gasteiger charge is -2.32. The van der Waals surface area contributed by atoms with E-state index in [-0.39, 0.29) is 0 Å². The zero-order valence-electron chi connectivity index (χ0n) is 21.2. The molecule has 0 spiro atoms. The minimum atomic E-state index is 0.345. The number of benzene rings is 3. The summed E-state index contributed by atoms with van der Waals surface area (Å²) >= 11 is 0. The number of hydrogen-bond acceptors (Lipinski definition) is 6. The Morgan fingerprint density at radius 3 is 2.43 bits per heavy atom. The molecule has 0 radical (unpaired) electrons. The minimum Gasteiger partial charge on any atom is -0.497 e. The first-order chi connectivity index (χ1) is 18.2. The third-order valence-corrected chi connectivity index (χ3v) is 7.30. The van der Waals surface area contributed by atoms with E-state index < -0.39 is 0 Å². The largest absolute Gasteiger partial charge is 0.497 e. The van der Waals surface area contributed by atoms with Crippen LogP contribution in [0, 0.1) is 0 Å². The molecule has 1 aliphatic rings. The number of aromatic nitrogens is 3. The van der Waals surface area contributed by atoms with E-state index in [1.807, 2.05) is 42.6 Å². The predicted molar refractivity (Wildman–Crippen MR) is 148 cm³/mol. The average molecular weight is 494 g/mol. The number of hydrogen-bond donors (Lipinski definition) is 2. The van der Waals surface area contributed by atoms with Crippen LogP contribution < -0.4 is 14.8 Å². The first kappa shape index (κ1) is 23.3. The average Bonchev–Trinajstić information content (AvgIpc) is 3.42. The van der Waals surface area contributed by atoms with E-state index in [2.05, 4.69) is 55.7 Å². The molecule has 1 aliphatic heterocycles. The Balaban J connectivity index is 1.19. The standard InChI is InChI=1S/C30H31N5O2/c1-36-24-7-5-22(6-8-24)29-26-10-9-25(37-2)18-27(26)30(34-33-29)32-23-12-15-35(16-13-23)19-20-3-4-21-11-14-31-28(21)17-20/h3-11,14,17-18,23,31H,12-13,15-16,19H2,1-2H3,(H,32,34). The summed E-state index contributed by atoms with van der Waals surface area (Å²) in [5, 5.41) is 16.3. The second-order valence-corrected chi connectivity index (χ2v) is 9.63. The molecule has 0 unspecified atom stereocenters. The van der Waals surface area contributed by atoms with Crippen LogP contribution in [0.2, 0.25) is 0 Å². The summed E-state index contributed by atoms with van der Waals surface area (Å²) in [4.78, 5) is 5.85. The van der Waals surface area contributed by atoms with Gasteiger partial charge in [-0.3, -0.25) is 4.90 Å². The van der Waals surface area contributed by atoms with Crippen LogP contribution in [-0.2, 0) is 6.54 Å². The van der Waals surface area contributed by atoms with Crippen LogP contribution in [0.5, 0.6) is 11.5 Å². The van der Waals surface area contributed by atoms with E-state index in [0.29, 0.717) is 6.04 Å². The van der Waals surface area contributed by atoms with E-state index in [0.717, 1.165) is 71.8 Å². The number of likely N-dealkylation sites (tertiary alicyclic amines) is 1. The number of nitrogens with one attached hydrogen (secondary N) is 2. The summed E-state index contributed by atoms with van der Waals surface area (Å²) in [6.45, 7) is 3.05. The smallest absolute Gasteiger partial charge is 0.156 e. The number of fused-ring (bicyclic) bond motifs is 2. The molecule has 2 aromatic heterocycles. The number of H-pyrrole nitrogens is 1. The summed E-state index contributed by atoms with van der Waals surface area (Å²) in [7, 11) is 3.36. The van der Waals surface area contributed by atoms with Crippen molar-refractivity contribution < 1.29 is 9.47 Å². The number of rotatable bonds is 7. The van der Waals surface area contributed by atoms with Gasteiger partial charge in [0, 0.05) is 53.7 Å². The molecule has 188 valence electrons. The van der Waals surface area contributed by atoms with Crippen molar-refractivity contribution >= 4 is 27.5 Å². The van der Waals surface area contributed by atoms with Crippen molar-refractivity contribution in [1.82, 2.24) is 20.1 Å². The topological polar surface area (TPSA) is 75.3 Å². The maximum Gasteiger partial charge on any atom is 0.156 e. The van der Waals surface area contributed by atoms with Gasteiger partial charge >= 0.3 is 0 Å². The van der Waals surface area contributed by atoms with E-state index in [9.17, 15) is 0 Å². The van der Waals surface area contributed by atoms with Crippen molar-refractivity contribution in [2.45, 2.75) is 25.4 Å². The molecule has 6 rings (SSSR count). The van der Waals surface area contributed by atoms with Gasteiger partial charge in [0.1, 0.15) is 17.2 Å². The van der Waals surface area contributed by atoms with Crippen LogP contribution in [0.4, 0.5) is 5.82 Å². The Morgan fingerprint density at radius 1 is 0.865 bits per heavy atom. The zero-order chi connectivity index (χ0) is 25.2. The highest BCUT2D eigenvalue weighted by Crippen LogP contribution is 2.34. The fraction of sp³-hybridized carbons (Fsp3) is 0.267. The van der Waals surface area contributed by atoms with E-state index in [1.165, 1.54) is 16.5 Å². The van der Waals surface area contributed by atoms with Gasteiger partial charge in [0.2, 0.25) is 0 Å². The number of nitrogens with zero attached hydrogens (tertiary/aromatic N) is 3. The van der Waals surface area contributed by atoms with E-state index in [4.69, 9.17) is 9.47 Å². The molecule has 1 saturated heterocycles. The van der Waals surface area contributed by atoms with Crippen LogP contribution in [0.25, 0.3) is 32.9 Å². The molecular formula is C30H31N5O2. The normalized spacial score (nSPS) is 14.8.